The van der Waals surface area contributed by atoms with Crippen molar-refractivity contribution in [2.45, 2.75) is 84.1 Å². The maximum atomic E-state index is 16.0. The van der Waals surface area contributed by atoms with Gasteiger partial charge in [-0.1, -0.05) is 27.7 Å². The lowest BCUT2D eigenvalue weighted by molar-refractivity contribution is -0.141. The number of halogens is 2. The van der Waals surface area contributed by atoms with Crippen LogP contribution in [0.15, 0.2) is 18.2 Å². The Morgan fingerprint density at radius 3 is 2.54 bits per heavy atom. The van der Waals surface area contributed by atoms with Gasteiger partial charge in [-0.2, -0.15) is 8.78 Å². The molecule has 1 aromatic carbocycles. The first-order valence-corrected chi connectivity index (χ1v) is 15.9. The van der Waals surface area contributed by atoms with E-state index in [9.17, 15) is 14.4 Å². The maximum absolute atomic E-state index is 16.0. The topological polar surface area (TPSA) is 129 Å². The summed E-state index contributed by atoms with van der Waals surface area (Å²) in [7, 11) is 1.48. The number of aromatic nitrogens is 2. The average molecular weight is 645 g/mol. The highest BCUT2D eigenvalue weighted by molar-refractivity contribution is 5.92. The molecule has 0 radical (unpaired) electrons. The number of hydrogen-bond donors (Lipinski definition) is 1. The highest BCUT2D eigenvalue weighted by atomic mass is 19.3. The van der Waals surface area contributed by atoms with Crippen LogP contribution in [0.5, 0.6) is 11.6 Å². The molecule has 6 rings (SSSR count). The van der Waals surface area contributed by atoms with Crippen molar-refractivity contribution in [3.05, 3.63) is 23.9 Å². The van der Waals surface area contributed by atoms with E-state index in [0.29, 0.717) is 24.0 Å². The van der Waals surface area contributed by atoms with Crippen LogP contribution in [0.2, 0.25) is 0 Å². The van der Waals surface area contributed by atoms with Gasteiger partial charge >= 0.3 is 6.09 Å². The second kappa shape index (κ2) is 11.9. The SMILES string of the molecule is COc1ccc2nc3c(nc2c1)O[C@H]1CN(C(=O)[C@H](C(C)(C)C)NC(=O)O[C@@H]2CC4CC4[C@H]2COCCC3(F)F)[C@H](C(C)=O)[C@@H]1C. The van der Waals surface area contributed by atoms with Crippen LogP contribution in [-0.4, -0.2) is 83.8 Å². The van der Waals surface area contributed by atoms with Crippen LogP contribution in [0.1, 0.15) is 59.6 Å². The number of nitrogens with one attached hydrogen (secondary N) is 1. The number of methoxy groups -OCH3 is 1. The fourth-order valence-corrected chi connectivity index (χ4v) is 7.35. The molecule has 3 heterocycles. The molecule has 46 heavy (non-hydrogen) atoms. The van der Waals surface area contributed by atoms with Gasteiger partial charge in [0, 0.05) is 24.3 Å². The molecule has 3 fully saturated rings. The number of amides is 2. The number of nitrogens with zero attached hydrogens (tertiary/aromatic N) is 3. The summed E-state index contributed by atoms with van der Waals surface area (Å²) in [4.78, 5) is 50.6. The van der Waals surface area contributed by atoms with E-state index in [4.69, 9.17) is 18.9 Å². The zero-order valence-electron chi connectivity index (χ0n) is 27.0. The third-order valence-electron chi connectivity index (χ3n) is 9.99. The van der Waals surface area contributed by atoms with E-state index in [-0.39, 0.29) is 48.4 Å². The molecule has 1 N–H and O–H groups in total. The fraction of sp³-hybridized carbons (Fsp3) is 0.667. The van der Waals surface area contributed by atoms with Gasteiger partial charge in [-0.3, -0.25) is 9.59 Å². The first kappa shape index (κ1) is 32.3. The Bertz CT molecular complexity index is 1530. The largest absolute Gasteiger partial charge is 0.497 e. The first-order chi connectivity index (χ1) is 21.7. The number of carbonyl (C=O) groups is 3. The third-order valence-corrected chi connectivity index (χ3v) is 9.99. The van der Waals surface area contributed by atoms with Crippen LogP contribution in [0.3, 0.4) is 0 Å². The van der Waals surface area contributed by atoms with E-state index in [0.717, 1.165) is 6.42 Å². The number of rotatable bonds is 2. The molecular formula is C33H42F2N4O7. The van der Waals surface area contributed by atoms with Crippen LogP contribution < -0.4 is 14.8 Å². The molecule has 13 heteroatoms. The minimum atomic E-state index is -3.48. The maximum Gasteiger partial charge on any atom is 0.408 e. The number of alkyl carbamates (subject to hydrolysis) is 1. The zero-order chi connectivity index (χ0) is 33.1. The molecule has 4 aliphatic rings. The molecule has 1 saturated heterocycles. The second-order valence-corrected chi connectivity index (χ2v) is 14.3. The van der Waals surface area contributed by atoms with Crippen molar-refractivity contribution in [3.63, 3.8) is 0 Å². The Labute approximate surface area is 266 Å². The van der Waals surface area contributed by atoms with Crippen LogP contribution >= 0.6 is 0 Å². The van der Waals surface area contributed by atoms with Gasteiger partial charge in [0.2, 0.25) is 11.8 Å². The highest BCUT2D eigenvalue weighted by Gasteiger charge is 2.55. The van der Waals surface area contributed by atoms with Crippen LogP contribution in [0, 0.1) is 29.1 Å². The van der Waals surface area contributed by atoms with Crippen LogP contribution in [-0.2, 0) is 25.0 Å². The molecule has 250 valence electrons. The number of hydrogen-bond acceptors (Lipinski definition) is 9. The minimum absolute atomic E-state index is 0.0897. The molecule has 2 aromatic rings. The molecule has 2 unspecified atom stereocenters. The lowest BCUT2D eigenvalue weighted by atomic mass is 9.85. The summed E-state index contributed by atoms with van der Waals surface area (Å²) in [6, 6.07) is 2.79. The van der Waals surface area contributed by atoms with Gasteiger partial charge in [0.05, 0.1) is 43.9 Å². The van der Waals surface area contributed by atoms with Crippen LogP contribution in [0.4, 0.5) is 13.6 Å². The standard InChI is InChI=1S/C33H42F2N4O7/c1-16-25-14-39(26(16)17(2)40)30(41)28(32(3,4)5)38-31(42)46-24-12-18-11-20(18)21(24)15-44-10-9-33(34,35)27-29(45-25)37-23-13-19(43-6)7-8-22(23)36-27/h7-8,13,16,18,20-21,24-26,28H,9-12,14-15H2,1-6H3,(H,38,42)/t16-,18?,20?,21-,24-,25+,26+,28-/m1/s1. The summed E-state index contributed by atoms with van der Waals surface area (Å²) in [5.41, 5.74) is -0.872. The number of fused-ring (bicyclic) bond motifs is 7. The monoisotopic (exact) mass is 644 g/mol. The Morgan fingerprint density at radius 2 is 1.85 bits per heavy atom. The summed E-state index contributed by atoms with van der Waals surface area (Å²) in [6.45, 7) is 8.36. The van der Waals surface area contributed by atoms with Gasteiger partial charge in [0.1, 0.15) is 24.0 Å². The Morgan fingerprint density at radius 1 is 1.09 bits per heavy atom. The lowest BCUT2D eigenvalue weighted by Gasteiger charge is -2.35. The van der Waals surface area contributed by atoms with E-state index < -0.39 is 65.7 Å². The normalized spacial score (nSPS) is 33.0. The quantitative estimate of drug-likeness (QED) is 0.503. The molecule has 2 aliphatic heterocycles. The van der Waals surface area contributed by atoms with Crippen molar-refractivity contribution in [3.8, 4) is 11.6 Å². The van der Waals surface area contributed by atoms with E-state index in [1.165, 1.54) is 18.9 Å². The van der Waals surface area contributed by atoms with Crippen molar-refractivity contribution in [2.24, 2.45) is 29.1 Å². The Balaban J connectivity index is 1.41. The van der Waals surface area contributed by atoms with Gasteiger partial charge < -0.3 is 29.2 Å². The smallest absolute Gasteiger partial charge is 0.408 e. The predicted octanol–water partition coefficient (Wildman–Crippen LogP) is 4.50. The van der Waals surface area contributed by atoms with Crippen LogP contribution in [0.25, 0.3) is 11.0 Å². The molecule has 2 aliphatic carbocycles. The van der Waals surface area contributed by atoms with E-state index in [1.807, 2.05) is 20.8 Å². The first-order valence-electron chi connectivity index (χ1n) is 15.9. The number of Topliss-reactive ketones (excluding diaryl/α,β-unsaturated/α-hetero) is 1. The molecule has 2 amide bonds. The molecule has 8 atom stereocenters. The highest BCUT2D eigenvalue weighted by Crippen LogP contribution is 2.56. The molecular weight excluding hydrogens is 602 g/mol. The van der Waals surface area contributed by atoms with Gasteiger partial charge in [-0.25, -0.2) is 14.8 Å². The molecule has 0 spiro atoms. The zero-order valence-corrected chi connectivity index (χ0v) is 27.0. The fourth-order valence-electron chi connectivity index (χ4n) is 7.35. The molecule has 2 saturated carbocycles. The van der Waals surface area contributed by atoms with Gasteiger partial charge in [-0.05, 0) is 49.1 Å². The van der Waals surface area contributed by atoms with Crippen molar-refractivity contribution in [1.82, 2.24) is 20.2 Å². The number of alkyl halides is 2. The van der Waals surface area contributed by atoms with Gasteiger partial charge in [-0.15, -0.1) is 0 Å². The van der Waals surface area contributed by atoms with Crippen molar-refractivity contribution < 1.29 is 42.1 Å². The number of ether oxygens (including phenoxy) is 4. The van der Waals surface area contributed by atoms with E-state index in [2.05, 4.69) is 15.3 Å². The van der Waals surface area contributed by atoms with E-state index >= 15 is 8.78 Å². The number of benzene rings is 1. The second-order valence-electron chi connectivity index (χ2n) is 14.3. The average Bonchev–Trinajstić information content (AvgIpc) is 3.55. The van der Waals surface area contributed by atoms with E-state index in [1.54, 1.807) is 25.1 Å². The summed E-state index contributed by atoms with van der Waals surface area (Å²) in [5.74, 6) is -4.21. The van der Waals surface area contributed by atoms with Crippen molar-refractivity contribution in [2.75, 3.05) is 26.9 Å². The predicted molar refractivity (Wildman–Crippen MR) is 162 cm³/mol. The number of carbonyl (C=O) groups excluding carboxylic acids is 3. The van der Waals surface area contributed by atoms with Crippen molar-refractivity contribution >= 4 is 28.8 Å². The summed E-state index contributed by atoms with van der Waals surface area (Å²) in [6.07, 6.45) is -1.11. The van der Waals surface area contributed by atoms with Crippen molar-refractivity contribution in [1.29, 1.82) is 0 Å². The summed E-state index contributed by atoms with van der Waals surface area (Å²) in [5, 5.41) is 2.79. The Kier molecular flexibility index (Phi) is 8.35. The molecule has 2 bridgehead atoms. The molecule has 11 nitrogen and oxygen atoms in total. The summed E-state index contributed by atoms with van der Waals surface area (Å²) >= 11 is 0. The lowest BCUT2D eigenvalue weighted by Crippen LogP contribution is -2.57. The number of ketones is 1. The van der Waals surface area contributed by atoms with Gasteiger partial charge in [0.25, 0.3) is 5.92 Å². The molecule has 1 aromatic heterocycles. The third kappa shape index (κ3) is 6.10. The Hall–Kier alpha value is -3.61. The minimum Gasteiger partial charge on any atom is -0.497 e. The van der Waals surface area contributed by atoms with Gasteiger partial charge in [0.15, 0.2) is 11.5 Å². The summed E-state index contributed by atoms with van der Waals surface area (Å²) < 4.78 is 55.2.